The van der Waals surface area contributed by atoms with Gasteiger partial charge in [-0.3, -0.25) is 14.8 Å². The third kappa shape index (κ3) is 3.34. The lowest BCUT2D eigenvalue weighted by atomic mass is 10.3. The largest absolute Gasteiger partial charge is 0.493 e. The van der Waals surface area contributed by atoms with Gasteiger partial charge in [-0.25, -0.2) is 9.36 Å². The molecular formula is C15H15ClN4O4. The Morgan fingerprint density at radius 1 is 1.29 bits per heavy atom. The fourth-order valence-corrected chi connectivity index (χ4v) is 2.50. The second-order valence-electron chi connectivity index (χ2n) is 5.12. The molecule has 1 aliphatic rings. The lowest BCUT2D eigenvalue weighted by molar-refractivity contribution is 0.0396. The van der Waals surface area contributed by atoms with Crippen LogP contribution >= 0.6 is 11.6 Å². The van der Waals surface area contributed by atoms with E-state index in [2.05, 4.69) is 10.1 Å². The summed E-state index contributed by atoms with van der Waals surface area (Å²) < 4.78 is 6.18. The Morgan fingerprint density at radius 2 is 2.04 bits per heavy atom. The number of aromatic amines is 1. The van der Waals surface area contributed by atoms with E-state index in [0.29, 0.717) is 37.0 Å². The van der Waals surface area contributed by atoms with Gasteiger partial charge in [-0.1, -0.05) is 17.7 Å². The van der Waals surface area contributed by atoms with Crippen LogP contribution in [-0.4, -0.2) is 52.2 Å². The zero-order valence-corrected chi connectivity index (χ0v) is 13.4. The molecule has 0 spiro atoms. The Bertz CT molecular complexity index is 884. The van der Waals surface area contributed by atoms with Crippen molar-refractivity contribution in [2.75, 3.05) is 26.3 Å². The number of aromatic nitrogens is 2. The van der Waals surface area contributed by atoms with Gasteiger partial charge in [-0.05, 0) is 18.2 Å². The lowest BCUT2D eigenvalue weighted by Crippen LogP contribution is -2.34. The van der Waals surface area contributed by atoms with Crippen LogP contribution in [0.25, 0.3) is 5.69 Å². The summed E-state index contributed by atoms with van der Waals surface area (Å²) in [7, 11) is 0. The summed E-state index contributed by atoms with van der Waals surface area (Å²) in [6, 6.07) is 6.37. The van der Waals surface area contributed by atoms with Crippen LogP contribution in [0.3, 0.4) is 0 Å². The van der Waals surface area contributed by atoms with Crippen molar-refractivity contribution in [2.45, 2.75) is 0 Å². The zero-order chi connectivity index (χ0) is 17.1. The summed E-state index contributed by atoms with van der Waals surface area (Å²) in [6.45, 7) is 2.26. The molecule has 2 N–H and O–H groups in total. The molecule has 9 heteroatoms. The van der Waals surface area contributed by atoms with E-state index in [1.807, 2.05) is 0 Å². The Kier molecular flexibility index (Phi) is 4.68. The van der Waals surface area contributed by atoms with Crippen LogP contribution in [0.5, 0.6) is 5.88 Å². The van der Waals surface area contributed by atoms with Gasteiger partial charge in [0.25, 0.3) is 5.56 Å². The van der Waals surface area contributed by atoms with Crippen LogP contribution in [-0.2, 0) is 4.74 Å². The number of ether oxygens (including phenoxy) is 1. The van der Waals surface area contributed by atoms with Crippen molar-refractivity contribution >= 4 is 17.8 Å². The number of aromatic hydroxyl groups is 1. The van der Waals surface area contributed by atoms with Crippen molar-refractivity contribution in [2.24, 2.45) is 5.10 Å². The highest BCUT2D eigenvalue weighted by molar-refractivity contribution is 6.30. The molecule has 0 saturated carbocycles. The molecule has 2 aromatic rings. The predicted molar refractivity (Wildman–Crippen MR) is 89.3 cm³/mol. The Hall–Kier alpha value is -2.58. The summed E-state index contributed by atoms with van der Waals surface area (Å²) >= 11 is 5.92. The minimum Gasteiger partial charge on any atom is -0.493 e. The van der Waals surface area contributed by atoms with Crippen LogP contribution in [0.4, 0.5) is 0 Å². The van der Waals surface area contributed by atoms with E-state index in [-0.39, 0.29) is 5.56 Å². The fourth-order valence-electron chi connectivity index (χ4n) is 2.32. The minimum atomic E-state index is -0.761. The number of H-pyrrole nitrogens is 1. The fraction of sp³-hybridized carbons (Fsp3) is 0.267. The van der Waals surface area contributed by atoms with E-state index in [1.165, 1.54) is 12.3 Å². The van der Waals surface area contributed by atoms with Gasteiger partial charge in [-0.15, -0.1) is 0 Å². The summed E-state index contributed by atoms with van der Waals surface area (Å²) in [5.74, 6) is -0.497. The molecule has 1 fully saturated rings. The quantitative estimate of drug-likeness (QED) is 0.787. The molecule has 0 atom stereocenters. The van der Waals surface area contributed by atoms with Crippen LogP contribution < -0.4 is 11.2 Å². The predicted octanol–water partition coefficient (Wildman–Crippen LogP) is 0.551. The highest BCUT2D eigenvalue weighted by Gasteiger charge is 2.15. The number of benzene rings is 1. The topological polar surface area (TPSA) is 99.9 Å². The number of halogens is 1. The molecule has 1 aliphatic heterocycles. The molecule has 0 aliphatic carbocycles. The lowest BCUT2D eigenvalue weighted by Gasteiger charge is -2.23. The summed E-state index contributed by atoms with van der Waals surface area (Å²) in [4.78, 5) is 26.2. The SMILES string of the molecule is O=c1[nH]c(=O)n(-c2cccc(Cl)c2)c(O)c1/C=N/N1CCOCC1. The first kappa shape index (κ1) is 16.3. The molecule has 126 valence electrons. The van der Waals surface area contributed by atoms with Crippen LogP contribution in [0.1, 0.15) is 5.56 Å². The monoisotopic (exact) mass is 350 g/mol. The van der Waals surface area contributed by atoms with Gasteiger partial charge >= 0.3 is 5.69 Å². The summed E-state index contributed by atoms with van der Waals surface area (Å²) in [6.07, 6.45) is 1.24. The maximum Gasteiger partial charge on any atom is 0.335 e. The van der Waals surface area contributed by atoms with E-state index in [1.54, 1.807) is 23.2 Å². The minimum absolute atomic E-state index is 0.110. The number of rotatable bonds is 3. The molecule has 0 radical (unpaired) electrons. The van der Waals surface area contributed by atoms with Crippen molar-refractivity contribution in [1.29, 1.82) is 0 Å². The van der Waals surface area contributed by atoms with Crippen LogP contribution in [0.15, 0.2) is 39.0 Å². The van der Waals surface area contributed by atoms with E-state index >= 15 is 0 Å². The normalized spacial score (nSPS) is 15.1. The molecule has 0 unspecified atom stereocenters. The third-order valence-corrected chi connectivity index (χ3v) is 3.76. The van der Waals surface area contributed by atoms with Crippen LogP contribution in [0.2, 0.25) is 5.02 Å². The average molecular weight is 351 g/mol. The second-order valence-corrected chi connectivity index (χ2v) is 5.56. The van der Waals surface area contributed by atoms with Crippen molar-refractivity contribution in [3.63, 3.8) is 0 Å². The highest BCUT2D eigenvalue weighted by atomic mass is 35.5. The molecule has 0 bridgehead atoms. The van der Waals surface area contributed by atoms with E-state index in [9.17, 15) is 14.7 Å². The van der Waals surface area contributed by atoms with Gasteiger partial charge in [-0.2, -0.15) is 5.10 Å². The van der Waals surface area contributed by atoms with E-state index in [4.69, 9.17) is 16.3 Å². The molecule has 0 amide bonds. The van der Waals surface area contributed by atoms with Gasteiger partial charge < -0.3 is 9.84 Å². The second kappa shape index (κ2) is 6.90. The number of hydrogen-bond donors (Lipinski definition) is 2. The molecule has 1 aromatic heterocycles. The first-order valence-corrected chi connectivity index (χ1v) is 7.65. The van der Waals surface area contributed by atoms with E-state index < -0.39 is 17.1 Å². The molecule has 1 aromatic carbocycles. The number of hydrazone groups is 1. The maximum absolute atomic E-state index is 12.1. The van der Waals surface area contributed by atoms with Gasteiger partial charge in [0.2, 0.25) is 5.88 Å². The van der Waals surface area contributed by atoms with Crippen molar-refractivity contribution in [3.05, 3.63) is 55.7 Å². The van der Waals surface area contributed by atoms with Gasteiger partial charge in [0, 0.05) is 5.02 Å². The van der Waals surface area contributed by atoms with Crippen molar-refractivity contribution in [1.82, 2.24) is 14.6 Å². The Morgan fingerprint density at radius 3 is 2.75 bits per heavy atom. The smallest absolute Gasteiger partial charge is 0.335 e. The zero-order valence-electron chi connectivity index (χ0n) is 12.6. The highest BCUT2D eigenvalue weighted by Crippen LogP contribution is 2.18. The number of hydrogen-bond acceptors (Lipinski definition) is 6. The molecular weight excluding hydrogens is 336 g/mol. The van der Waals surface area contributed by atoms with Gasteiger partial charge in [0.1, 0.15) is 5.56 Å². The first-order chi connectivity index (χ1) is 11.6. The maximum atomic E-state index is 12.1. The average Bonchev–Trinajstić information content (AvgIpc) is 2.55. The molecule has 3 rings (SSSR count). The molecule has 2 heterocycles. The number of nitrogens with zero attached hydrogens (tertiary/aromatic N) is 3. The summed E-state index contributed by atoms with van der Waals surface area (Å²) in [5, 5.41) is 16.7. The van der Waals surface area contributed by atoms with Gasteiger partial charge in [0.05, 0.1) is 38.2 Å². The van der Waals surface area contributed by atoms with Crippen molar-refractivity contribution in [3.8, 4) is 11.6 Å². The summed E-state index contributed by atoms with van der Waals surface area (Å²) in [5.41, 5.74) is -1.25. The molecule has 8 nitrogen and oxygen atoms in total. The third-order valence-electron chi connectivity index (χ3n) is 3.52. The van der Waals surface area contributed by atoms with E-state index in [0.717, 1.165) is 4.57 Å². The van der Waals surface area contributed by atoms with Crippen LogP contribution in [0, 0.1) is 0 Å². The first-order valence-electron chi connectivity index (χ1n) is 7.27. The Balaban J connectivity index is 2.04. The van der Waals surface area contributed by atoms with Gasteiger partial charge in [0.15, 0.2) is 0 Å². The number of nitrogens with one attached hydrogen (secondary N) is 1. The van der Waals surface area contributed by atoms with Crippen molar-refractivity contribution < 1.29 is 9.84 Å². The number of morpholine rings is 1. The Labute approximate surface area is 141 Å². The molecule has 1 saturated heterocycles. The standard InChI is InChI=1S/C15H15ClN4O4/c16-10-2-1-3-11(8-10)20-14(22)12(13(21)18-15(20)23)9-17-19-4-6-24-7-5-19/h1-3,8-9,22H,4-7H2,(H,18,21,23)/b17-9+. The molecule has 24 heavy (non-hydrogen) atoms.